The van der Waals surface area contributed by atoms with Gasteiger partial charge >= 0.3 is 0 Å². The fourth-order valence-electron chi connectivity index (χ4n) is 3.74. The Hall–Kier alpha value is -0.0800. The number of rotatable bonds is 4. The van der Waals surface area contributed by atoms with Crippen molar-refractivity contribution < 1.29 is 0 Å². The quantitative estimate of drug-likeness (QED) is 0.810. The molecule has 2 fully saturated rings. The molecule has 2 heteroatoms. The molecule has 1 heterocycles. The van der Waals surface area contributed by atoms with Crippen LogP contribution in [0.15, 0.2) is 0 Å². The van der Waals surface area contributed by atoms with Crippen molar-refractivity contribution in [1.29, 1.82) is 0 Å². The van der Waals surface area contributed by atoms with Crippen molar-refractivity contribution in [2.45, 2.75) is 57.9 Å². The zero-order chi connectivity index (χ0) is 12.1. The molecule has 0 bridgehead atoms. The lowest BCUT2D eigenvalue weighted by Crippen LogP contribution is -2.47. The first-order chi connectivity index (χ1) is 8.29. The van der Waals surface area contributed by atoms with Crippen LogP contribution in [0.3, 0.4) is 0 Å². The zero-order valence-electron chi connectivity index (χ0n) is 11.8. The van der Waals surface area contributed by atoms with Crippen LogP contribution in [0, 0.1) is 11.8 Å². The van der Waals surface area contributed by atoms with Gasteiger partial charge in [0.2, 0.25) is 0 Å². The number of nitrogens with zero attached hydrogens (tertiary/aromatic N) is 1. The van der Waals surface area contributed by atoms with Gasteiger partial charge in [-0.15, -0.1) is 0 Å². The van der Waals surface area contributed by atoms with Gasteiger partial charge in [-0.1, -0.05) is 26.2 Å². The second-order valence-electron chi connectivity index (χ2n) is 6.30. The van der Waals surface area contributed by atoms with E-state index >= 15 is 0 Å². The summed E-state index contributed by atoms with van der Waals surface area (Å²) >= 11 is 0. The van der Waals surface area contributed by atoms with Crippen molar-refractivity contribution in [3.8, 4) is 0 Å². The Balaban J connectivity index is 1.81. The molecule has 0 spiro atoms. The molecule has 2 aliphatic rings. The molecule has 0 radical (unpaired) electrons. The molecule has 1 aliphatic heterocycles. The summed E-state index contributed by atoms with van der Waals surface area (Å²) in [5, 5.41) is 3.59. The zero-order valence-corrected chi connectivity index (χ0v) is 11.8. The first kappa shape index (κ1) is 13.4. The second kappa shape index (κ2) is 6.75. The number of nitrogens with one attached hydrogen (secondary N) is 1. The maximum absolute atomic E-state index is 3.59. The van der Waals surface area contributed by atoms with E-state index in [1.807, 2.05) is 0 Å². The highest BCUT2D eigenvalue weighted by atomic mass is 15.2. The number of hydrogen-bond acceptors (Lipinski definition) is 2. The van der Waals surface area contributed by atoms with E-state index < -0.39 is 0 Å². The normalized spacial score (nSPS) is 30.4. The van der Waals surface area contributed by atoms with Gasteiger partial charge in [-0.05, 0) is 51.1 Å². The smallest absolute Gasteiger partial charge is 0.0220 e. The molecular weight excluding hydrogens is 208 g/mol. The van der Waals surface area contributed by atoms with Gasteiger partial charge in [-0.2, -0.15) is 0 Å². The summed E-state index contributed by atoms with van der Waals surface area (Å²) in [4.78, 5) is 2.70. The van der Waals surface area contributed by atoms with Crippen LogP contribution in [-0.2, 0) is 0 Å². The van der Waals surface area contributed by atoms with E-state index in [0.29, 0.717) is 0 Å². The summed E-state index contributed by atoms with van der Waals surface area (Å²) in [5.74, 6) is 1.85. The molecule has 1 aliphatic carbocycles. The topological polar surface area (TPSA) is 15.3 Å². The molecule has 2 atom stereocenters. The van der Waals surface area contributed by atoms with Crippen molar-refractivity contribution in [1.82, 2.24) is 10.2 Å². The molecule has 2 unspecified atom stereocenters. The van der Waals surface area contributed by atoms with Crippen LogP contribution < -0.4 is 5.32 Å². The van der Waals surface area contributed by atoms with Gasteiger partial charge in [0.1, 0.15) is 0 Å². The van der Waals surface area contributed by atoms with E-state index in [4.69, 9.17) is 0 Å². The molecule has 2 nitrogen and oxygen atoms in total. The fraction of sp³-hybridized carbons (Fsp3) is 1.00. The molecule has 1 saturated heterocycles. The number of hydrogen-bond donors (Lipinski definition) is 1. The highest BCUT2D eigenvalue weighted by Crippen LogP contribution is 2.27. The van der Waals surface area contributed by atoms with Gasteiger partial charge in [0, 0.05) is 19.1 Å². The monoisotopic (exact) mass is 238 g/mol. The maximum Gasteiger partial charge on any atom is 0.0220 e. The van der Waals surface area contributed by atoms with Crippen LogP contribution in [0.2, 0.25) is 0 Å². The lowest BCUT2D eigenvalue weighted by Gasteiger charge is -2.37. The Bertz CT molecular complexity index is 211. The van der Waals surface area contributed by atoms with Gasteiger partial charge < -0.3 is 10.2 Å². The second-order valence-corrected chi connectivity index (χ2v) is 6.30. The highest BCUT2D eigenvalue weighted by Gasteiger charge is 2.25. The molecule has 0 aromatic rings. The van der Waals surface area contributed by atoms with Crippen LogP contribution in [0.25, 0.3) is 0 Å². The lowest BCUT2D eigenvalue weighted by molar-refractivity contribution is 0.141. The predicted octanol–water partition coefficient (Wildman–Crippen LogP) is 2.89. The first-order valence-electron chi connectivity index (χ1n) is 7.69. The number of likely N-dealkylation sites (N-methyl/N-ethyl adjacent to an activating group) is 1. The van der Waals surface area contributed by atoms with Crippen molar-refractivity contribution in [3.05, 3.63) is 0 Å². The lowest BCUT2D eigenvalue weighted by atomic mass is 9.83. The van der Waals surface area contributed by atoms with Crippen LogP contribution >= 0.6 is 0 Å². The Morgan fingerprint density at radius 2 is 1.88 bits per heavy atom. The Labute approximate surface area is 107 Å². The molecule has 1 saturated carbocycles. The van der Waals surface area contributed by atoms with Gasteiger partial charge in [0.05, 0.1) is 0 Å². The minimum Gasteiger partial charge on any atom is -0.315 e. The Morgan fingerprint density at radius 1 is 1.12 bits per heavy atom. The fourth-order valence-corrected chi connectivity index (χ4v) is 3.74. The molecule has 0 aromatic carbocycles. The third-order valence-corrected chi connectivity index (χ3v) is 4.79. The van der Waals surface area contributed by atoms with E-state index in [2.05, 4.69) is 24.2 Å². The predicted molar refractivity (Wildman–Crippen MR) is 74.3 cm³/mol. The number of likely N-dealkylation sites (tertiary alicyclic amines) is 1. The van der Waals surface area contributed by atoms with E-state index in [9.17, 15) is 0 Å². The van der Waals surface area contributed by atoms with Crippen LogP contribution in [0.1, 0.15) is 51.9 Å². The standard InChI is InChI=1S/C15H30N2/c1-13-7-6-10-17(11-13)12-15(16-2)14-8-4-3-5-9-14/h13-16H,3-12H2,1-2H3. The van der Waals surface area contributed by atoms with Crippen molar-refractivity contribution >= 4 is 0 Å². The Morgan fingerprint density at radius 3 is 2.53 bits per heavy atom. The van der Waals surface area contributed by atoms with Crippen molar-refractivity contribution in [2.75, 3.05) is 26.7 Å². The van der Waals surface area contributed by atoms with E-state index in [1.54, 1.807) is 0 Å². The van der Waals surface area contributed by atoms with Gasteiger partial charge in [0.25, 0.3) is 0 Å². The van der Waals surface area contributed by atoms with Crippen molar-refractivity contribution in [3.63, 3.8) is 0 Å². The molecular formula is C15H30N2. The summed E-state index contributed by atoms with van der Waals surface area (Å²) in [5.41, 5.74) is 0. The molecule has 17 heavy (non-hydrogen) atoms. The summed E-state index contributed by atoms with van der Waals surface area (Å²) < 4.78 is 0. The van der Waals surface area contributed by atoms with Gasteiger partial charge in [-0.25, -0.2) is 0 Å². The highest BCUT2D eigenvalue weighted by molar-refractivity contribution is 4.82. The third-order valence-electron chi connectivity index (χ3n) is 4.79. The minimum atomic E-state index is 0.737. The molecule has 2 rings (SSSR count). The maximum atomic E-state index is 3.59. The van der Waals surface area contributed by atoms with Gasteiger partial charge in [0.15, 0.2) is 0 Å². The van der Waals surface area contributed by atoms with Crippen LogP contribution in [-0.4, -0.2) is 37.6 Å². The number of piperidine rings is 1. The van der Waals surface area contributed by atoms with E-state index in [0.717, 1.165) is 17.9 Å². The van der Waals surface area contributed by atoms with Crippen LogP contribution in [0.4, 0.5) is 0 Å². The third kappa shape index (κ3) is 3.96. The summed E-state index contributed by atoms with van der Waals surface area (Å²) in [6, 6.07) is 0.737. The van der Waals surface area contributed by atoms with Gasteiger partial charge in [-0.3, -0.25) is 0 Å². The van der Waals surface area contributed by atoms with E-state index in [1.165, 1.54) is 64.6 Å². The molecule has 1 N–H and O–H groups in total. The Kier molecular flexibility index (Phi) is 5.30. The largest absolute Gasteiger partial charge is 0.315 e. The summed E-state index contributed by atoms with van der Waals surface area (Å²) in [6.45, 7) is 6.34. The minimum absolute atomic E-state index is 0.737. The summed E-state index contributed by atoms with van der Waals surface area (Å²) in [7, 11) is 2.16. The molecule has 100 valence electrons. The van der Waals surface area contributed by atoms with E-state index in [-0.39, 0.29) is 0 Å². The molecule has 0 aromatic heterocycles. The first-order valence-corrected chi connectivity index (χ1v) is 7.69. The molecule has 0 amide bonds. The SMILES string of the molecule is CNC(CN1CCCC(C)C1)C1CCCCC1. The van der Waals surface area contributed by atoms with Crippen LogP contribution in [0.5, 0.6) is 0 Å². The average Bonchev–Trinajstić information content (AvgIpc) is 2.37. The average molecular weight is 238 g/mol. The van der Waals surface area contributed by atoms with Crippen molar-refractivity contribution in [2.24, 2.45) is 11.8 Å². The summed E-state index contributed by atoms with van der Waals surface area (Å²) in [6.07, 6.45) is 10.1.